The van der Waals surface area contributed by atoms with Crippen LogP contribution in [0.2, 0.25) is 5.02 Å². The van der Waals surface area contributed by atoms with E-state index < -0.39 is 10.0 Å². The highest BCUT2D eigenvalue weighted by Crippen LogP contribution is 2.31. The van der Waals surface area contributed by atoms with E-state index in [9.17, 15) is 13.2 Å². The summed E-state index contributed by atoms with van der Waals surface area (Å²) < 4.78 is 38.6. The average molecular weight is 487 g/mol. The fourth-order valence-electron chi connectivity index (χ4n) is 3.51. The van der Waals surface area contributed by atoms with Crippen molar-refractivity contribution in [2.24, 2.45) is 0 Å². The molecule has 1 heterocycles. The van der Waals surface area contributed by atoms with Gasteiger partial charge in [-0.15, -0.1) is 0 Å². The van der Waals surface area contributed by atoms with Crippen molar-refractivity contribution in [2.45, 2.75) is 11.4 Å². The molecule has 1 amide bonds. The van der Waals surface area contributed by atoms with Crippen molar-refractivity contribution in [1.29, 1.82) is 0 Å². The Labute approximate surface area is 198 Å². The van der Waals surface area contributed by atoms with Crippen LogP contribution in [-0.2, 0) is 16.6 Å². The van der Waals surface area contributed by atoms with E-state index in [1.807, 2.05) is 18.2 Å². The van der Waals surface area contributed by atoms with E-state index in [2.05, 4.69) is 0 Å². The highest BCUT2D eigenvalue weighted by molar-refractivity contribution is 7.92. The smallest absolute Gasteiger partial charge is 0.264 e. The summed E-state index contributed by atoms with van der Waals surface area (Å²) in [5.74, 6) is 1.03. The maximum absolute atomic E-state index is 13.1. The topological polar surface area (TPSA) is 76.1 Å². The number of nitrogens with zero attached hydrogens (tertiary/aromatic N) is 2. The van der Waals surface area contributed by atoms with E-state index in [1.54, 1.807) is 43.4 Å². The standard InChI is InChI=1S/C24H23ClN2O5S/c1-26(16-17-9-10-22-23(13-17)32-12-11-31-22)24(28)18-5-3-8-21(14-18)33(29,30)27(2)20-7-4-6-19(25)15-20/h3-10,13-15H,11-12,16H2,1-2H3. The monoisotopic (exact) mass is 486 g/mol. The van der Waals surface area contributed by atoms with E-state index in [-0.39, 0.29) is 16.4 Å². The first kappa shape index (κ1) is 22.9. The molecule has 0 fully saturated rings. The Kier molecular flexibility index (Phi) is 6.49. The predicted octanol–water partition coefficient (Wildman–Crippen LogP) is 4.21. The van der Waals surface area contributed by atoms with Crippen molar-refractivity contribution in [1.82, 2.24) is 4.90 Å². The van der Waals surface area contributed by atoms with Crippen molar-refractivity contribution >= 4 is 33.2 Å². The van der Waals surface area contributed by atoms with Gasteiger partial charge in [0.15, 0.2) is 11.5 Å². The van der Waals surface area contributed by atoms with Crippen LogP contribution < -0.4 is 13.8 Å². The summed E-state index contributed by atoms with van der Waals surface area (Å²) in [5.41, 5.74) is 1.57. The Morgan fingerprint density at radius 1 is 0.939 bits per heavy atom. The Hall–Kier alpha value is -3.23. The molecule has 3 aromatic rings. The van der Waals surface area contributed by atoms with Crippen LogP contribution in [0.5, 0.6) is 11.5 Å². The van der Waals surface area contributed by atoms with Gasteiger partial charge in [0.05, 0.1) is 10.6 Å². The SMILES string of the molecule is CN(Cc1ccc2c(c1)OCCO2)C(=O)c1cccc(S(=O)(=O)N(C)c2cccc(Cl)c2)c1. The summed E-state index contributed by atoms with van der Waals surface area (Å²) in [5, 5.41) is 0.430. The first-order valence-electron chi connectivity index (χ1n) is 10.2. The molecule has 1 aliphatic heterocycles. The second-order valence-electron chi connectivity index (χ2n) is 7.62. The second-order valence-corrected chi connectivity index (χ2v) is 10.0. The maximum Gasteiger partial charge on any atom is 0.264 e. The molecule has 0 aromatic heterocycles. The van der Waals surface area contributed by atoms with Crippen LogP contribution in [0.1, 0.15) is 15.9 Å². The minimum atomic E-state index is -3.89. The molecule has 0 saturated carbocycles. The van der Waals surface area contributed by atoms with Gasteiger partial charge in [-0.1, -0.05) is 29.8 Å². The zero-order chi connectivity index (χ0) is 23.6. The number of hydrogen-bond acceptors (Lipinski definition) is 5. The summed E-state index contributed by atoms with van der Waals surface area (Å²) in [6, 6.07) is 18.1. The number of hydrogen-bond donors (Lipinski definition) is 0. The van der Waals surface area contributed by atoms with Gasteiger partial charge in [0.1, 0.15) is 13.2 Å². The molecule has 0 bridgehead atoms. The summed E-state index contributed by atoms with van der Waals surface area (Å²) >= 11 is 6.01. The van der Waals surface area contributed by atoms with Crippen LogP contribution in [0.4, 0.5) is 5.69 Å². The predicted molar refractivity (Wildman–Crippen MR) is 127 cm³/mol. The number of anilines is 1. The van der Waals surface area contributed by atoms with Crippen LogP contribution in [0.25, 0.3) is 0 Å². The van der Waals surface area contributed by atoms with Crippen LogP contribution in [-0.4, -0.2) is 46.5 Å². The van der Waals surface area contributed by atoms with Crippen LogP contribution >= 0.6 is 11.6 Å². The number of halogens is 1. The first-order valence-corrected chi connectivity index (χ1v) is 12.1. The molecule has 0 N–H and O–H groups in total. The van der Waals surface area contributed by atoms with E-state index >= 15 is 0 Å². The highest BCUT2D eigenvalue weighted by Gasteiger charge is 2.23. The van der Waals surface area contributed by atoms with Crippen molar-refractivity contribution in [3.63, 3.8) is 0 Å². The lowest BCUT2D eigenvalue weighted by Crippen LogP contribution is -2.28. The molecule has 0 saturated heterocycles. The fourth-order valence-corrected chi connectivity index (χ4v) is 4.93. The lowest BCUT2D eigenvalue weighted by Gasteiger charge is -2.22. The minimum absolute atomic E-state index is 0.0172. The molecule has 0 radical (unpaired) electrons. The summed E-state index contributed by atoms with van der Waals surface area (Å²) in [4.78, 5) is 14.6. The largest absolute Gasteiger partial charge is 0.486 e. The molecule has 0 spiro atoms. The van der Waals surface area contributed by atoms with Crippen LogP contribution in [0.3, 0.4) is 0 Å². The van der Waals surface area contributed by atoms with Gasteiger partial charge < -0.3 is 14.4 Å². The van der Waals surface area contributed by atoms with E-state index in [4.69, 9.17) is 21.1 Å². The zero-order valence-corrected chi connectivity index (χ0v) is 19.8. The molecule has 7 nitrogen and oxygen atoms in total. The van der Waals surface area contributed by atoms with Crippen LogP contribution in [0.15, 0.2) is 71.6 Å². The van der Waals surface area contributed by atoms with Crippen molar-refractivity contribution in [3.05, 3.63) is 82.9 Å². The zero-order valence-electron chi connectivity index (χ0n) is 18.2. The van der Waals surface area contributed by atoms with E-state index in [0.717, 1.165) is 9.87 Å². The first-order chi connectivity index (χ1) is 15.8. The van der Waals surface area contributed by atoms with E-state index in [1.165, 1.54) is 24.1 Å². The molecular formula is C24H23ClN2O5S. The average Bonchev–Trinajstić information content (AvgIpc) is 2.83. The normalized spacial score (nSPS) is 12.8. The molecular weight excluding hydrogens is 464 g/mol. The number of benzene rings is 3. The van der Waals surface area contributed by atoms with Gasteiger partial charge in [0, 0.05) is 31.2 Å². The summed E-state index contributed by atoms with van der Waals surface area (Å²) in [6.45, 7) is 1.32. The fraction of sp³-hybridized carbons (Fsp3) is 0.208. The summed E-state index contributed by atoms with van der Waals surface area (Å²) in [6.07, 6.45) is 0. The lowest BCUT2D eigenvalue weighted by atomic mass is 10.1. The minimum Gasteiger partial charge on any atom is -0.486 e. The van der Waals surface area contributed by atoms with Crippen molar-refractivity contribution < 1.29 is 22.7 Å². The maximum atomic E-state index is 13.1. The molecule has 4 rings (SSSR count). The molecule has 172 valence electrons. The number of ether oxygens (including phenoxy) is 2. The molecule has 33 heavy (non-hydrogen) atoms. The molecule has 3 aromatic carbocycles. The van der Waals surface area contributed by atoms with Gasteiger partial charge in [-0.3, -0.25) is 9.10 Å². The number of sulfonamides is 1. The Morgan fingerprint density at radius 3 is 2.42 bits per heavy atom. The second kappa shape index (κ2) is 9.33. The molecule has 1 aliphatic rings. The molecule has 9 heteroatoms. The highest BCUT2D eigenvalue weighted by atomic mass is 35.5. The lowest BCUT2D eigenvalue weighted by molar-refractivity contribution is 0.0784. The molecule has 0 atom stereocenters. The van der Waals surface area contributed by atoms with Gasteiger partial charge in [0.2, 0.25) is 0 Å². The van der Waals surface area contributed by atoms with Gasteiger partial charge in [0.25, 0.3) is 15.9 Å². The van der Waals surface area contributed by atoms with E-state index in [0.29, 0.717) is 42.0 Å². The van der Waals surface area contributed by atoms with Crippen molar-refractivity contribution in [2.75, 3.05) is 31.6 Å². The third-order valence-corrected chi connectivity index (χ3v) is 7.30. The van der Waals surface area contributed by atoms with Crippen LogP contribution in [0, 0.1) is 0 Å². The third kappa shape index (κ3) is 4.91. The van der Waals surface area contributed by atoms with Gasteiger partial charge in [-0.25, -0.2) is 8.42 Å². The third-order valence-electron chi connectivity index (χ3n) is 5.28. The Morgan fingerprint density at radius 2 is 1.67 bits per heavy atom. The van der Waals surface area contributed by atoms with Gasteiger partial charge >= 0.3 is 0 Å². The van der Waals surface area contributed by atoms with Gasteiger partial charge in [-0.2, -0.15) is 0 Å². The Bertz CT molecular complexity index is 1300. The summed E-state index contributed by atoms with van der Waals surface area (Å²) in [7, 11) is -0.773. The van der Waals surface area contributed by atoms with Crippen molar-refractivity contribution in [3.8, 4) is 11.5 Å². The number of rotatable bonds is 6. The quantitative estimate of drug-likeness (QED) is 0.521. The molecule has 0 unspecified atom stereocenters. The number of amides is 1. The number of carbonyl (C=O) groups is 1. The van der Waals surface area contributed by atoms with Gasteiger partial charge in [-0.05, 0) is 54.1 Å². The number of fused-ring (bicyclic) bond motifs is 1. The molecule has 0 aliphatic carbocycles. The Balaban J connectivity index is 1.53. The number of carbonyl (C=O) groups excluding carboxylic acids is 1.